The molecule has 1 aromatic carbocycles. The molecule has 0 amide bonds. The molecule has 0 bridgehead atoms. The van der Waals surface area contributed by atoms with Gasteiger partial charge in [0.2, 0.25) is 0 Å². The third-order valence-electron chi connectivity index (χ3n) is 4.23. The monoisotopic (exact) mass is 368 g/mol. The molecule has 0 aliphatic carbocycles. The lowest BCUT2D eigenvalue weighted by molar-refractivity contribution is 0.131. The predicted molar refractivity (Wildman–Crippen MR) is 103 cm³/mol. The molecule has 0 spiro atoms. The Morgan fingerprint density at radius 1 is 1.31 bits per heavy atom. The van der Waals surface area contributed by atoms with Gasteiger partial charge < -0.3 is 19.7 Å². The standard InChI is InChI=1S/C19H20N4O2S/c1-24-17-10-15(12-21-13-17)22-19(26)23-8-6-16(7-9-23)25-18-5-3-2-4-14(18)11-20/h2-5,10,12-13,16H,6-9H2,1H3,(H,22,26). The van der Waals surface area contributed by atoms with Crippen molar-refractivity contribution in [3.8, 4) is 17.6 Å². The van der Waals surface area contributed by atoms with E-state index in [4.69, 9.17) is 27.0 Å². The minimum atomic E-state index is 0.0852. The zero-order chi connectivity index (χ0) is 18.4. The molecule has 1 N–H and O–H groups in total. The van der Waals surface area contributed by atoms with Gasteiger partial charge in [-0.2, -0.15) is 5.26 Å². The third-order valence-corrected chi connectivity index (χ3v) is 4.59. The van der Waals surface area contributed by atoms with Crippen molar-refractivity contribution in [2.45, 2.75) is 18.9 Å². The molecule has 1 saturated heterocycles. The van der Waals surface area contributed by atoms with E-state index in [1.54, 1.807) is 25.6 Å². The van der Waals surface area contributed by atoms with Crippen molar-refractivity contribution < 1.29 is 9.47 Å². The second-order valence-corrected chi connectivity index (χ2v) is 6.34. The maximum absolute atomic E-state index is 9.16. The van der Waals surface area contributed by atoms with Crippen LogP contribution in [0, 0.1) is 11.3 Å². The Kier molecular flexibility index (Phi) is 5.87. The van der Waals surface area contributed by atoms with Gasteiger partial charge in [-0.15, -0.1) is 0 Å². The molecular weight excluding hydrogens is 348 g/mol. The number of anilines is 1. The number of aromatic nitrogens is 1. The van der Waals surface area contributed by atoms with Gasteiger partial charge in [-0.1, -0.05) is 12.1 Å². The van der Waals surface area contributed by atoms with E-state index in [2.05, 4.69) is 21.3 Å². The number of ether oxygens (including phenoxy) is 2. The average molecular weight is 368 g/mol. The fourth-order valence-corrected chi connectivity index (χ4v) is 3.12. The van der Waals surface area contributed by atoms with Gasteiger partial charge in [0.05, 0.1) is 30.8 Å². The van der Waals surface area contributed by atoms with Crippen molar-refractivity contribution in [3.05, 3.63) is 48.3 Å². The summed E-state index contributed by atoms with van der Waals surface area (Å²) in [7, 11) is 1.61. The number of benzene rings is 1. The highest BCUT2D eigenvalue weighted by atomic mass is 32.1. The first-order chi connectivity index (χ1) is 12.7. The Morgan fingerprint density at radius 2 is 2.08 bits per heavy atom. The Morgan fingerprint density at radius 3 is 2.81 bits per heavy atom. The van der Waals surface area contributed by atoms with E-state index in [9.17, 15) is 0 Å². The fraction of sp³-hybridized carbons (Fsp3) is 0.316. The fourth-order valence-electron chi connectivity index (χ4n) is 2.82. The highest BCUT2D eigenvalue weighted by Gasteiger charge is 2.23. The van der Waals surface area contributed by atoms with Crippen molar-refractivity contribution in [1.82, 2.24) is 9.88 Å². The zero-order valence-electron chi connectivity index (χ0n) is 14.5. The van der Waals surface area contributed by atoms with Crippen LogP contribution in [-0.4, -0.2) is 41.3 Å². The summed E-state index contributed by atoms with van der Waals surface area (Å²) in [6.07, 6.45) is 5.14. The van der Waals surface area contributed by atoms with Crippen molar-refractivity contribution in [1.29, 1.82) is 5.26 Å². The number of likely N-dealkylation sites (tertiary alicyclic amines) is 1. The van der Waals surface area contributed by atoms with Crippen LogP contribution in [0.25, 0.3) is 0 Å². The molecule has 1 aliphatic rings. The number of nitrogens with one attached hydrogen (secondary N) is 1. The Hall–Kier alpha value is -2.85. The first-order valence-corrected chi connectivity index (χ1v) is 8.81. The van der Waals surface area contributed by atoms with E-state index in [1.165, 1.54) is 0 Å². The maximum Gasteiger partial charge on any atom is 0.173 e. The summed E-state index contributed by atoms with van der Waals surface area (Å²) in [5, 5.41) is 13.0. The van der Waals surface area contributed by atoms with E-state index >= 15 is 0 Å². The van der Waals surface area contributed by atoms with Gasteiger partial charge in [0.1, 0.15) is 23.7 Å². The molecule has 2 aromatic rings. The van der Waals surface area contributed by atoms with Crippen LogP contribution >= 0.6 is 12.2 Å². The Balaban J connectivity index is 1.53. The normalized spacial score (nSPS) is 14.4. The minimum absolute atomic E-state index is 0.0852. The number of nitriles is 1. The lowest BCUT2D eigenvalue weighted by Crippen LogP contribution is -2.43. The third kappa shape index (κ3) is 4.41. The van der Waals surface area contributed by atoms with Gasteiger partial charge in [-0.25, -0.2) is 0 Å². The molecule has 134 valence electrons. The van der Waals surface area contributed by atoms with Gasteiger partial charge in [0, 0.05) is 32.0 Å². The quantitative estimate of drug-likeness (QED) is 0.831. The predicted octanol–water partition coefficient (Wildman–Crippen LogP) is 3.20. The molecule has 1 aliphatic heterocycles. The van der Waals surface area contributed by atoms with E-state index in [1.807, 2.05) is 24.3 Å². The van der Waals surface area contributed by atoms with Gasteiger partial charge in [-0.05, 0) is 24.4 Å². The second kappa shape index (κ2) is 8.50. The number of thiocarbonyl (C=S) groups is 1. The van der Waals surface area contributed by atoms with Gasteiger partial charge in [-0.3, -0.25) is 4.98 Å². The molecule has 6 nitrogen and oxygen atoms in total. The van der Waals surface area contributed by atoms with Crippen molar-refractivity contribution in [2.24, 2.45) is 0 Å². The molecule has 26 heavy (non-hydrogen) atoms. The Labute approximate surface area is 158 Å². The van der Waals surface area contributed by atoms with Crippen LogP contribution in [0.5, 0.6) is 11.5 Å². The molecular formula is C19H20N4O2S. The summed E-state index contributed by atoms with van der Waals surface area (Å²) in [5.74, 6) is 1.33. The van der Waals surface area contributed by atoms with Crippen LogP contribution in [0.15, 0.2) is 42.7 Å². The van der Waals surface area contributed by atoms with Crippen molar-refractivity contribution in [2.75, 3.05) is 25.5 Å². The highest BCUT2D eigenvalue weighted by molar-refractivity contribution is 7.80. The molecule has 2 heterocycles. The van der Waals surface area contributed by atoms with Crippen LogP contribution in [0.4, 0.5) is 5.69 Å². The largest absolute Gasteiger partial charge is 0.495 e. The molecule has 0 saturated carbocycles. The van der Waals surface area contributed by atoms with Gasteiger partial charge in [0.25, 0.3) is 0 Å². The molecule has 7 heteroatoms. The molecule has 1 fully saturated rings. The topological polar surface area (TPSA) is 70.4 Å². The molecule has 1 aromatic heterocycles. The Bertz CT molecular complexity index is 813. The van der Waals surface area contributed by atoms with Crippen LogP contribution in [0.3, 0.4) is 0 Å². The number of para-hydroxylation sites is 1. The second-order valence-electron chi connectivity index (χ2n) is 5.96. The smallest absolute Gasteiger partial charge is 0.173 e. The summed E-state index contributed by atoms with van der Waals surface area (Å²) >= 11 is 5.51. The number of nitrogens with zero attached hydrogens (tertiary/aromatic N) is 3. The first-order valence-electron chi connectivity index (χ1n) is 8.40. The van der Waals surface area contributed by atoms with Gasteiger partial charge in [0.15, 0.2) is 5.11 Å². The van der Waals surface area contributed by atoms with Crippen molar-refractivity contribution in [3.63, 3.8) is 0 Å². The number of pyridine rings is 1. The van der Waals surface area contributed by atoms with Crippen LogP contribution in [-0.2, 0) is 0 Å². The first kappa shape index (κ1) is 18.0. The summed E-state index contributed by atoms with van der Waals surface area (Å²) in [6, 6.07) is 11.4. The maximum atomic E-state index is 9.16. The molecule has 0 radical (unpaired) electrons. The van der Waals surface area contributed by atoms with Gasteiger partial charge >= 0.3 is 0 Å². The molecule has 0 unspecified atom stereocenters. The molecule has 3 rings (SSSR count). The highest BCUT2D eigenvalue weighted by Crippen LogP contribution is 2.23. The number of hydrogen-bond donors (Lipinski definition) is 1. The van der Waals surface area contributed by atoms with E-state index < -0.39 is 0 Å². The van der Waals surface area contributed by atoms with E-state index in [0.717, 1.165) is 31.6 Å². The van der Waals surface area contributed by atoms with Crippen LogP contribution in [0.1, 0.15) is 18.4 Å². The number of hydrogen-bond acceptors (Lipinski definition) is 5. The summed E-state index contributed by atoms with van der Waals surface area (Å²) in [6.45, 7) is 1.59. The number of methoxy groups -OCH3 is 1. The summed E-state index contributed by atoms with van der Waals surface area (Å²) < 4.78 is 11.2. The minimum Gasteiger partial charge on any atom is -0.495 e. The lowest BCUT2D eigenvalue weighted by atomic mass is 10.1. The average Bonchev–Trinajstić information content (AvgIpc) is 2.69. The SMILES string of the molecule is COc1cncc(NC(=S)N2CCC(Oc3ccccc3C#N)CC2)c1. The molecule has 0 atom stereocenters. The van der Waals surface area contributed by atoms with Crippen molar-refractivity contribution >= 4 is 23.0 Å². The summed E-state index contributed by atoms with van der Waals surface area (Å²) in [4.78, 5) is 6.23. The summed E-state index contributed by atoms with van der Waals surface area (Å²) in [5.41, 5.74) is 1.37. The zero-order valence-corrected chi connectivity index (χ0v) is 15.3. The lowest BCUT2D eigenvalue weighted by Gasteiger charge is -2.34. The van der Waals surface area contributed by atoms with Crippen LogP contribution < -0.4 is 14.8 Å². The van der Waals surface area contributed by atoms with E-state index in [-0.39, 0.29) is 6.10 Å². The number of piperidine rings is 1. The van der Waals surface area contributed by atoms with Crippen LogP contribution in [0.2, 0.25) is 0 Å². The van der Waals surface area contributed by atoms with E-state index in [0.29, 0.717) is 22.2 Å². The number of rotatable bonds is 4.